The number of phenolic OH excluding ortho intramolecular Hbond substituents is 1. The number of phenols is 1. The quantitative estimate of drug-likeness (QED) is 0.702. The Morgan fingerprint density at radius 3 is 2.58 bits per heavy atom. The Bertz CT molecular complexity index is 305. The third-order valence-corrected chi connectivity index (χ3v) is 1.74. The van der Waals surface area contributed by atoms with Gasteiger partial charge in [-0.1, -0.05) is 13.0 Å². The Morgan fingerprint density at radius 1 is 1.50 bits per heavy atom. The van der Waals surface area contributed by atoms with Crippen molar-refractivity contribution in [2.75, 3.05) is 0 Å². The molecular formula is C9H10O3. The Morgan fingerprint density at radius 2 is 2.17 bits per heavy atom. The summed E-state index contributed by atoms with van der Waals surface area (Å²) in [5.41, 5.74) is 0.669. The minimum absolute atomic E-state index is 0.0531. The summed E-state index contributed by atoms with van der Waals surface area (Å²) >= 11 is 0. The van der Waals surface area contributed by atoms with Gasteiger partial charge in [0.15, 0.2) is 0 Å². The molecule has 0 spiro atoms. The second-order valence-electron chi connectivity index (χ2n) is 2.46. The lowest BCUT2D eigenvalue weighted by Crippen LogP contribution is -2.01. The normalized spacial score (nSPS) is 9.75. The largest absolute Gasteiger partial charge is 0.508 e. The van der Waals surface area contributed by atoms with Crippen molar-refractivity contribution in [2.24, 2.45) is 0 Å². The van der Waals surface area contributed by atoms with Crippen LogP contribution >= 0.6 is 0 Å². The van der Waals surface area contributed by atoms with E-state index in [2.05, 4.69) is 0 Å². The van der Waals surface area contributed by atoms with Gasteiger partial charge in [-0.15, -0.1) is 0 Å². The van der Waals surface area contributed by atoms with Gasteiger partial charge in [-0.2, -0.15) is 0 Å². The molecule has 0 aliphatic heterocycles. The first kappa shape index (κ1) is 8.59. The number of hydrogen-bond acceptors (Lipinski definition) is 2. The number of rotatable bonds is 2. The van der Waals surface area contributed by atoms with Crippen molar-refractivity contribution in [3.8, 4) is 5.75 Å². The van der Waals surface area contributed by atoms with Crippen LogP contribution in [0.3, 0.4) is 0 Å². The number of carbonyl (C=O) groups is 1. The first-order chi connectivity index (χ1) is 5.66. The lowest BCUT2D eigenvalue weighted by Gasteiger charge is -2.04. The van der Waals surface area contributed by atoms with Crippen molar-refractivity contribution in [1.82, 2.24) is 0 Å². The molecule has 12 heavy (non-hydrogen) atoms. The van der Waals surface area contributed by atoms with Crippen molar-refractivity contribution < 1.29 is 15.0 Å². The Labute approximate surface area is 70.3 Å². The first-order valence-corrected chi connectivity index (χ1v) is 3.71. The summed E-state index contributed by atoms with van der Waals surface area (Å²) in [5.74, 6) is -0.944. The molecule has 1 aromatic carbocycles. The predicted molar refractivity (Wildman–Crippen MR) is 44.4 cm³/mol. The number of carboxylic acids is 1. The summed E-state index contributed by atoms with van der Waals surface area (Å²) in [7, 11) is 0. The maximum atomic E-state index is 10.6. The number of hydrogen-bond donors (Lipinski definition) is 2. The van der Waals surface area contributed by atoms with Crippen LogP contribution in [-0.4, -0.2) is 16.2 Å². The van der Waals surface area contributed by atoms with E-state index in [1.807, 2.05) is 6.92 Å². The van der Waals surface area contributed by atoms with Gasteiger partial charge in [-0.3, -0.25) is 0 Å². The molecule has 0 bridgehead atoms. The molecule has 0 atom stereocenters. The van der Waals surface area contributed by atoms with Crippen LogP contribution in [0.2, 0.25) is 0 Å². The summed E-state index contributed by atoms with van der Waals surface area (Å²) in [6, 6.07) is 4.50. The van der Waals surface area contributed by atoms with Crippen molar-refractivity contribution >= 4 is 5.97 Å². The average Bonchev–Trinajstić information content (AvgIpc) is 2.03. The fourth-order valence-electron chi connectivity index (χ4n) is 1.15. The van der Waals surface area contributed by atoms with Crippen molar-refractivity contribution in [3.05, 3.63) is 29.3 Å². The highest BCUT2D eigenvalue weighted by Gasteiger charge is 2.10. The second-order valence-corrected chi connectivity index (χ2v) is 2.46. The summed E-state index contributed by atoms with van der Waals surface area (Å²) in [6.45, 7) is 1.81. The zero-order chi connectivity index (χ0) is 9.14. The molecule has 0 fully saturated rings. The molecule has 0 aliphatic rings. The smallest absolute Gasteiger partial charge is 0.336 e. The van der Waals surface area contributed by atoms with Crippen LogP contribution < -0.4 is 0 Å². The molecule has 1 rings (SSSR count). The Balaban J connectivity index is 3.27. The Hall–Kier alpha value is -1.51. The molecule has 0 saturated heterocycles. The molecule has 2 N–H and O–H groups in total. The zero-order valence-electron chi connectivity index (χ0n) is 6.74. The van der Waals surface area contributed by atoms with Crippen molar-refractivity contribution in [1.29, 1.82) is 0 Å². The number of aromatic carboxylic acids is 1. The molecule has 64 valence electrons. The highest BCUT2D eigenvalue weighted by molar-refractivity contribution is 5.90. The van der Waals surface area contributed by atoms with Crippen LogP contribution in [-0.2, 0) is 6.42 Å². The molecule has 0 amide bonds. The van der Waals surface area contributed by atoms with E-state index in [4.69, 9.17) is 5.11 Å². The predicted octanol–water partition coefficient (Wildman–Crippen LogP) is 1.65. The summed E-state index contributed by atoms with van der Waals surface area (Å²) in [6.07, 6.45) is 0.522. The summed E-state index contributed by atoms with van der Waals surface area (Å²) in [4.78, 5) is 10.6. The van der Waals surface area contributed by atoms with Gasteiger partial charge in [-0.05, 0) is 18.6 Å². The molecular weight excluding hydrogens is 156 g/mol. The van der Waals surface area contributed by atoms with Crippen LogP contribution in [0.4, 0.5) is 0 Å². The van der Waals surface area contributed by atoms with Gasteiger partial charge in [0.1, 0.15) is 5.75 Å². The van der Waals surface area contributed by atoms with Crippen molar-refractivity contribution in [2.45, 2.75) is 13.3 Å². The molecule has 0 aliphatic carbocycles. The van der Waals surface area contributed by atoms with Gasteiger partial charge in [-0.25, -0.2) is 4.79 Å². The lowest BCUT2D eigenvalue weighted by atomic mass is 10.0. The van der Waals surface area contributed by atoms with Gasteiger partial charge in [0.25, 0.3) is 0 Å². The molecule has 1 aromatic rings. The second kappa shape index (κ2) is 3.26. The monoisotopic (exact) mass is 166 g/mol. The minimum Gasteiger partial charge on any atom is -0.508 e. The van der Waals surface area contributed by atoms with Gasteiger partial charge < -0.3 is 10.2 Å². The molecule has 3 heteroatoms. The molecule has 0 radical (unpaired) electrons. The van der Waals surface area contributed by atoms with E-state index < -0.39 is 5.97 Å². The standard InChI is InChI=1S/C9H10O3/c1-2-6-7(9(11)12)4-3-5-8(6)10/h3-5,10H,2H2,1H3,(H,11,12). The van der Waals surface area contributed by atoms with E-state index in [1.54, 1.807) is 0 Å². The summed E-state index contributed by atoms with van der Waals surface area (Å²) < 4.78 is 0. The van der Waals surface area contributed by atoms with Gasteiger partial charge in [0.05, 0.1) is 5.56 Å². The number of benzene rings is 1. The fourth-order valence-corrected chi connectivity index (χ4v) is 1.15. The summed E-state index contributed by atoms with van der Waals surface area (Å²) in [5, 5.41) is 18.0. The topological polar surface area (TPSA) is 57.5 Å². The molecule has 0 aromatic heterocycles. The third kappa shape index (κ3) is 1.39. The van der Waals surface area contributed by atoms with Gasteiger partial charge >= 0.3 is 5.97 Å². The van der Waals surface area contributed by atoms with Crippen LogP contribution in [0, 0.1) is 0 Å². The van der Waals surface area contributed by atoms with E-state index in [0.717, 1.165) is 0 Å². The maximum absolute atomic E-state index is 10.6. The van der Waals surface area contributed by atoms with Crippen LogP contribution in [0.25, 0.3) is 0 Å². The average molecular weight is 166 g/mol. The minimum atomic E-state index is -0.997. The van der Waals surface area contributed by atoms with Crippen LogP contribution in [0.15, 0.2) is 18.2 Å². The third-order valence-electron chi connectivity index (χ3n) is 1.74. The van der Waals surface area contributed by atoms with E-state index >= 15 is 0 Å². The van der Waals surface area contributed by atoms with E-state index in [1.165, 1.54) is 18.2 Å². The SMILES string of the molecule is CCc1c(O)cccc1C(=O)O. The molecule has 0 unspecified atom stereocenters. The van der Waals surface area contributed by atoms with E-state index in [-0.39, 0.29) is 11.3 Å². The Kier molecular flexibility index (Phi) is 2.33. The zero-order valence-corrected chi connectivity index (χ0v) is 6.74. The van der Waals surface area contributed by atoms with Crippen molar-refractivity contribution in [3.63, 3.8) is 0 Å². The number of carboxylic acid groups (broad SMARTS) is 1. The van der Waals surface area contributed by atoms with Gasteiger partial charge in [0.2, 0.25) is 0 Å². The molecule has 0 saturated carbocycles. The van der Waals surface area contributed by atoms with E-state index in [9.17, 15) is 9.90 Å². The highest BCUT2D eigenvalue weighted by atomic mass is 16.4. The maximum Gasteiger partial charge on any atom is 0.336 e. The molecule has 3 nitrogen and oxygen atoms in total. The van der Waals surface area contributed by atoms with Crippen LogP contribution in [0.5, 0.6) is 5.75 Å². The molecule has 0 heterocycles. The lowest BCUT2D eigenvalue weighted by molar-refractivity contribution is 0.0695. The first-order valence-electron chi connectivity index (χ1n) is 3.71. The highest BCUT2D eigenvalue weighted by Crippen LogP contribution is 2.21. The number of aromatic hydroxyl groups is 1. The van der Waals surface area contributed by atoms with E-state index in [0.29, 0.717) is 12.0 Å². The van der Waals surface area contributed by atoms with Gasteiger partial charge in [0, 0.05) is 5.56 Å². The fraction of sp³-hybridized carbons (Fsp3) is 0.222. The van der Waals surface area contributed by atoms with Crippen LogP contribution in [0.1, 0.15) is 22.8 Å².